The van der Waals surface area contributed by atoms with E-state index in [0.29, 0.717) is 6.04 Å². The van der Waals surface area contributed by atoms with Gasteiger partial charge in [0.2, 0.25) is 0 Å². The highest BCUT2D eigenvalue weighted by molar-refractivity contribution is 7.85. The van der Waals surface area contributed by atoms with Crippen molar-refractivity contribution in [2.75, 3.05) is 37.3 Å². The Bertz CT molecular complexity index is 1000. The molecule has 5 rings (SSSR count). The van der Waals surface area contributed by atoms with Crippen molar-refractivity contribution in [3.8, 4) is 0 Å². The standard InChI is InChI=1S/C27H32N2OSSi/c1-31(30)27-22-32(24-13-7-3-8-14-24,25-15-9-4-10-16-25)21-26(27)29-19-17-28(18-20-29)23-11-5-2-6-12-23/h2-16,26-27H,17-22H2,1H3/t26-,27-,31?/m1/s1. The molecule has 3 aromatic rings. The van der Waals surface area contributed by atoms with Gasteiger partial charge in [0.25, 0.3) is 0 Å². The molecule has 2 aliphatic rings. The fourth-order valence-corrected chi connectivity index (χ4v) is 13.9. The Labute approximate surface area is 195 Å². The highest BCUT2D eigenvalue weighted by Gasteiger charge is 2.52. The third kappa shape index (κ3) is 4.09. The molecular formula is C27H32N2OSSi. The van der Waals surface area contributed by atoms with Crippen molar-refractivity contribution in [3.05, 3.63) is 91.0 Å². The molecule has 3 nitrogen and oxygen atoms in total. The molecule has 3 aromatic carbocycles. The third-order valence-corrected chi connectivity index (χ3v) is 14.3. The van der Waals surface area contributed by atoms with Gasteiger partial charge in [-0.05, 0) is 24.2 Å². The minimum absolute atomic E-state index is 0.241. The molecule has 0 N–H and O–H groups in total. The predicted octanol–water partition coefficient (Wildman–Crippen LogP) is 3.20. The second-order valence-corrected chi connectivity index (χ2v) is 14.9. The maximum Gasteiger partial charge on any atom is 0.120 e. The highest BCUT2D eigenvalue weighted by Crippen LogP contribution is 2.37. The van der Waals surface area contributed by atoms with Gasteiger partial charge in [-0.1, -0.05) is 89.2 Å². The quantitative estimate of drug-likeness (QED) is 0.547. The Morgan fingerprint density at radius 2 is 1.22 bits per heavy atom. The molecule has 0 spiro atoms. The van der Waals surface area contributed by atoms with E-state index < -0.39 is 18.9 Å². The van der Waals surface area contributed by atoms with Crippen LogP contribution < -0.4 is 15.3 Å². The number of para-hydroxylation sites is 1. The topological polar surface area (TPSA) is 23.6 Å². The van der Waals surface area contributed by atoms with Crippen LogP contribution in [0.2, 0.25) is 12.1 Å². The first-order valence-electron chi connectivity index (χ1n) is 11.6. The summed E-state index contributed by atoms with van der Waals surface area (Å²) in [6.45, 7) is 4.16. The molecule has 3 atom stereocenters. The van der Waals surface area contributed by atoms with Crippen molar-refractivity contribution in [1.29, 1.82) is 0 Å². The van der Waals surface area contributed by atoms with Gasteiger partial charge in [-0.15, -0.1) is 0 Å². The van der Waals surface area contributed by atoms with Crippen molar-refractivity contribution >= 4 is 34.9 Å². The van der Waals surface area contributed by atoms with Crippen LogP contribution in [0.1, 0.15) is 0 Å². The van der Waals surface area contributed by atoms with E-state index in [-0.39, 0.29) is 5.25 Å². The highest BCUT2D eigenvalue weighted by atomic mass is 32.2. The van der Waals surface area contributed by atoms with Crippen LogP contribution in [-0.2, 0) is 10.8 Å². The Morgan fingerprint density at radius 1 is 0.719 bits per heavy atom. The number of hydrogen-bond donors (Lipinski definition) is 0. The number of nitrogens with zero attached hydrogens (tertiary/aromatic N) is 2. The first-order chi connectivity index (χ1) is 15.7. The van der Waals surface area contributed by atoms with E-state index in [1.165, 1.54) is 16.1 Å². The van der Waals surface area contributed by atoms with Crippen LogP contribution in [0, 0.1) is 0 Å². The fraction of sp³-hybridized carbons (Fsp3) is 0.333. The second-order valence-electron chi connectivity index (χ2n) is 9.19. The largest absolute Gasteiger partial charge is 0.369 e. The molecule has 0 bridgehead atoms. The summed E-state index contributed by atoms with van der Waals surface area (Å²) in [5.41, 5.74) is 1.31. The molecule has 0 aliphatic carbocycles. The molecule has 2 saturated heterocycles. The zero-order valence-electron chi connectivity index (χ0n) is 18.8. The van der Waals surface area contributed by atoms with Gasteiger partial charge in [0, 0.05) is 60.2 Å². The number of anilines is 1. The molecule has 32 heavy (non-hydrogen) atoms. The Balaban J connectivity index is 1.44. The van der Waals surface area contributed by atoms with E-state index >= 15 is 0 Å². The lowest BCUT2D eigenvalue weighted by Crippen LogP contribution is -2.57. The zero-order chi connectivity index (χ0) is 22.0. The summed E-state index contributed by atoms with van der Waals surface area (Å²) in [6.07, 6.45) is 1.93. The fourth-order valence-electron chi connectivity index (χ4n) is 5.86. The summed E-state index contributed by atoms with van der Waals surface area (Å²) >= 11 is 0. The smallest absolute Gasteiger partial charge is 0.120 e. The molecule has 0 aromatic heterocycles. The van der Waals surface area contributed by atoms with Gasteiger partial charge in [0.15, 0.2) is 0 Å². The molecule has 0 saturated carbocycles. The maximum atomic E-state index is 13.0. The van der Waals surface area contributed by atoms with Crippen LogP contribution in [0.5, 0.6) is 0 Å². The number of hydrogen-bond acceptors (Lipinski definition) is 3. The van der Waals surface area contributed by atoms with Crippen LogP contribution in [0.15, 0.2) is 91.0 Å². The number of benzene rings is 3. The molecule has 166 valence electrons. The van der Waals surface area contributed by atoms with Gasteiger partial charge in [-0.25, -0.2) is 0 Å². The van der Waals surface area contributed by atoms with E-state index in [9.17, 15) is 4.21 Å². The van der Waals surface area contributed by atoms with Crippen LogP contribution in [-0.4, -0.2) is 60.9 Å². The minimum atomic E-state index is -1.99. The second kappa shape index (κ2) is 9.34. The summed E-state index contributed by atoms with van der Waals surface area (Å²) in [5, 5.41) is 3.23. The Morgan fingerprint density at radius 3 is 1.72 bits per heavy atom. The normalized spacial score (nSPS) is 24.3. The van der Waals surface area contributed by atoms with Crippen LogP contribution in [0.3, 0.4) is 0 Å². The predicted molar refractivity (Wildman–Crippen MR) is 139 cm³/mol. The maximum absolute atomic E-state index is 13.0. The van der Waals surface area contributed by atoms with E-state index in [1.807, 2.05) is 6.26 Å². The van der Waals surface area contributed by atoms with Crippen molar-refractivity contribution in [2.24, 2.45) is 0 Å². The Kier molecular flexibility index (Phi) is 6.31. The van der Waals surface area contributed by atoms with Crippen molar-refractivity contribution in [3.63, 3.8) is 0 Å². The van der Waals surface area contributed by atoms with Crippen LogP contribution in [0.25, 0.3) is 0 Å². The van der Waals surface area contributed by atoms with Crippen LogP contribution >= 0.6 is 0 Å². The molecule has 5 heteroatoms. The average Bonchev–Trinajstić information content (AvgIpc) is 3.28. The van der Waals surface area contributed by atoms with Gasteiger partial charge in [-0.2, -0.15) is 0 Å². The summed E-state index contributed by atoms with van der Waals surface area (Å²) in [7, 11) is -2.82. The molecule has 1 unspecified atom stereocenters. The number of rotatable bonds is 5. The minimum Gasteiger partial charge on any atom is -0.369 e. The summed E-state index contributed by atoms with van der Waals surface area (Å²) in [4.78, 5) is 5.15. The lowest BCUT2D eigenvalue weighted by Gasteiger charge is -2.41. The summed E-state index contributed by atoms with van der Waals surface area (Å²) in [5.74, 6) is 0. The molecule has 2 fully saturated rings. The van der Waals surface area contributed by atoms with E-state index in [1.54, 1.807) is 0 Å². The lowest BCUT2D eigenvalue weighted by atomic mass is 10.1. The molecular weight excluding hydrogens is 428 g/mol. The van der Waals surface area contributed by atoms with E-state index in [4.69, 9.17) is 0 Å². The molecule has 2 aliphatic heterocycles. The van der Waals surface area contributed by atoms with Gasteiger partial charge < -0.3 is 4.90 Å². The van der Waals surface area contributed by atoms with Crippen molar-refractivity contribution in [1.82, 2.24) is 4.90 Å². The molecule has 2 heterocycles. The van der Waals surface area contributed by atoms with Crippen molar-refractivity contribution < 1.29 is 4.21 Å². The summed E-state index contributed by atoms with van der Waals surface area (Å²) < 4.78 is 13.0. The lowest BCUT2D eigenvalue weighted by molar-refractivity contribution is 0.201. The Hall–Kier alpha value is -2.21. The SMILES string of the molecule is CS(=O)[C@@H]1C[Si](c2ccccc2)(c2ccccc2)C[C@H]1N1CCN(c2ccccc2)CC1. The van der Waals surface area contributed by atoms with Gasteiger partial charge >= 0.3 is 0 Å². The van der Waals surface area contributed by atoms with Crippen molar-refractivity contribution in [2.45, 2.75) is 23.4 Å². The monoisotopic (exact) mass is 460 g/mol. The van der Waals surface area contributed by atoms with Gasteiger partial charge in [-0.3, -0.25) is 9.11 Å². The number of piperazine rings is 1. The van der Waals surface area contributed by atoms with Gasteiger partial charge in [0.05, 0.1) is 0 Å². The van der Waals surface area contributed by atoms with Gasteiger partial charge in [0.1, 0.15) is 8.07 Å². The first kappa shape index (κ1) is 21.6. The average molecular weight is 461 g/mol. The zero-order valence-corrected chi connectivity index (χ0v) is 20.6. The van der Waals surface area contributed by atoms with E-state index in [2.05, 4.69) is 101 Å². The van der Waals surface area contributed by atoms with Crippen LogP contribution in [0.4, 0.5) is 5.69 Å². The molecule has 0 amide bonds. The van der Waals surface area contributed by atoms with E-state index in [0.717, 1.165) is 38.3 Å². The third-order valence-electron chi connectivity index (χ3n) is 7.52. The summed E-state index contributed by atoms with van der Waals surface area (Å²) in [6, 6.07) is 35.6. The molecule has 0 radical (unpaired) electrons. The first-order valence-corrected chi connectivity index (χ1v) is 15.7.